The third-order valence-electron chi connectivity index (χ3n) is 3.70. The van der Waals surface area contributed by atoms with Crippen LogP contribution in [-0.2, 0) is 4.79 Å². The highest BCUT2D eigenvalue weighted by Gasteiger charge is 2.40. The maximum atomic E-state index is 11.8. The quantitative estimate of drug-likeness (QED) is 0.900. The molecule has 6 heteroatoms. The Hall–Kier alpha value is -1.69. The summed E-state index contributed by atoms with van der Waals surface area (Å²) in [7, 11) is 0. The van der Waals surface area contributed by atoms with Gasteiger partial charge in [0.2, 0.25) is 5.91 Å². The smallest absolute Gasteiger partial charge is 0.243 e. The molecule has 1 aliphatic carbocycles. The second kappa shape index (κ2) is 4.45. The van der Waals surface area contributed by atoms with Crippen LogP contribution < -0.4 is 11.1 Å². The fraction of sp³-hybridized carbons (Fsp3) is 0.462. The van der Waals surface area contributed by atoms with Gasteiger partial charge in [-0.25, -0.2) is 9.97 Å². The predicted molar refractivity (Wildman–Crippen MR) is 76.2 cm³/mol. The molecule has 0 saturated heterocycles. The number of nitrogens with zero attached hydrogens (tertiary/aromatic N) is 2. The van der Waals surface area contributed by atoms with E-state index in [0.717, 1.165) is 41.7 Å². The van der Waals surface area contributed by atoms with Gasteiger partial charge >= 0.3 is 0 Å². The fourth-order valence-corrected chi connectivity index (χ4v) is 3.48. The zero-order valence-corrected chi connectivity index (χ0v) is 11.6. The number of thiophene rings is 1. The van der Waals surface area contributed by atoms with E-state index in [1.165, 1.54) is 0 Å². The Morgan fingerprint density at radius 1 is 1.42 bits per heavy atom. The molecule has 0 atom stereocenters. The molecule has 5 nitrogen and oxygen atoms in total. The number of carbonyl (C=O) groups is 1. The molecular weight excluding hydrogens is 260 g/mol. The number of carbonyl (C=O) groups excluding carboxylic acids is 1. The number of hydrogen-bond acceptors (Lipinski definition) is 5. The number of rotatable bonds is 3. The number of amides is 1. The maximum Gasteiger partial charge on any atom is 0.243 e. The van der Waals surface area contributed by atoms with Gasteiger partial charge in [-0.1, -0.05) is 12.8 Å². The maximum absolute atomic E-state index is 11.8. The van der Waals surface area contributed by atoms with Crippen LogP contribution in [0.15, 0.2) is 11.4 Å². The lowest BCUT2D eigenvalue weighted by atomic mass is 9.97. The Kier molecular flexibility index (Phi) is 2.89. The van der Waals surface area contributed by atoms with Crippen LogP contribution in [0, 0.1) is 6.92 Å². The first-order chi connectivity index (χ1) is 9.11. The number of nitrogens with one attached hydrogen (secondary N) is 1. The summed E-state index contributed by atoms with van der Waals surface area (Å²) in [6.45, 7) is 1.86. The Labute approximate surface area is 115 Å². The van der Waals surface area contributed by atoms with Crippen molar-refractivity contribution >= 4 is 33.3 Å². The number of primary amides is 1. The van der Waals surface area contributed by atoms with E-state index in [4.69, 9.17) is 5.73 Å². The van der Waals surface area contributed by atoms with Crippen LogP contribution in [0.3, 0.4) is 0 Å². The third-order valence-corrected chi connectivity index (χ3v) is 4.61. The van der Waals surface area contributed by atoms with Gasteiger partial charge in [0.15, 0.2) is 0 Å². The topological polar surface area (TPSA) is 80.9 Å². The van der Waals surface area contributed by atoms with Gasteiger partial charge in [-0.3, -0.25) is 4.79 Å². The average Bonchev–Trinajstić information content (AvgIpc) is 2.97. The molecule has 19 heavy (non-hydrogen) atoms. The van der Waals surface area contributed by atoms with E-state index < -0.39 is 5.54 Å². The molecule has 0 spiro atoms. The molecular formula is C13H16N4OS. The minimum Gasteiger partial charge on any atom is -0.368 e. The second-order valence-corrected chi connectivity index (χ2v) is 5.95. The van der Waals surface area contributed by atoms with E-state index in [0.29, 0.717) is 5.82 Å². The molecule has 0 bridgehead atoms. The predicted octanol–water partition coefficient (Wildman–Crippen LogP) is 2.21. The van der Waals surface area contributed by atoms with Crippen LogP contribution in [0.4, 0.5) is 5.82 Å². The van der Waals surface area contributed by atoms with Gasteiger partial charge in [-0.05, 0) is 31.2 Å². The van der Waals surface area contributed by atoms with Crippen molar-refractivity contribution in [2.45, 2.75) is 38.1 Å². The normalized spacial score (nSPS) is 17.7. The highest BCUT2D eigenvalue weighted by Crippen LogP contribution is 2.35. The summed E-state index contributed by atoms with van der Waals surface area (Å²) < 4.78 is 0.984. The van der Waals surface area contributed by atoms with E-state index >= 15 is 0 Å². The van der Waals surface area contributed by atoms with E-state index in [2.05, 4.69) is 15.3 Å². The number of aryl methyl sites for hydroxylation is 1. The van der Waals surface area contributed by atoms with Crippen LogP contribution in [0.1, 0.15) is 31.5 Å². The van der Waals surface area contributed by atoms with Crippen LogP contribution in [0.5, 0.6) is 0 Å². The molecule has 1 amide bonds. The molecule has 1 aliphatic rings. The first kappa shape index (κ1) is 12.3. The molecule has 0 aliphatic heterocycles. The summed E-state index contributed by atoms with van der Waals surface area (Å²) in [4.78, 5) is 20.6. The van der Waals surface area contributed by atoms with Crippen molar-refractivity contribution < 1.29 is 4.79 Å². The summed E-state index contributed by atoms with van der Waals surface area (Å²) in [5.74, 6) is 1.15. The van der Waals surface area contributed by atoms with Gasteiger partial charge in [0, 0.05) is 0 Å². The minimum absolute atomic E-state index is 0.286. The lowest BCUT2D eigenvalue weighted by Gasteiger charge is -2.27. The SMILES string of the molecule is Cc1nc(NC2(C(N)=O)CCCC2)c2sccc2n1. The number of hydrogen-bond donors (Lipinski definition) is 2. The largest absolute Gasteiger partial charge is 0.368 e. The molecule has 1 saturated carbocycles. The van der Waals surface area contributed by atoms with E-state index in [1.54, 1.807) is 11.3 Å². The molecule has 2 heterocycles. The zero-order chi connectivity index (χ0) is 13.5. The number of anilines is 1. The molecule has 3 N–H and O–H groups in total. The Balaban J connectivity index is 2.04. The van der Waals surface area contributed by atoms with Gasteiger partial charge in [-0.2, -0.15) is 0 Å². The van der Waals surface area contributed by atoms with Gasteiger partial charge in [-0.15, -0.1) is 11.3 Å². The first-order valence-electron chi connectivity index (χ1n) is 6.41. The highest BCUT2D eigenvalue weighted by atomic mass is 32.1. The van der Waals surface area contributed by atoms with Crippen molar-refractivity contribution in [3.63, 3.8) is 0 Å². The molecule has 2 aromatic heterocycles. The summed E-state index contributed by atoms with van der Waals surface area (Å²) >= 11 is 1.58. The minimum atomic E-state index is -0.641. The van der Waals surface area contributed by atoms with Gasteiger partial charge in [0.05, 0.1) is 10.2 Å². The lowest BCUT2D eigenvalue weighted by Crippen LogP contribution is -2.48. The lowest BCUT2D eigenvalue weighted by molar-refractivity contribution is -0.122. The Morgan fingerprint density at radius 2 is 2.16 bits per heavy atom. The fourth-order valence-electron chi connectivity index (χ4n) is 2.70. The highest BCUT2D eigenvalue weighted by molar-refractivity contribution is 7.17. The van der Waals surface area contributed by atoms with Crippen LogP contribution >= 0.6 is 11.3 Å². The Morgan fingerprint density at radius 3 is 2.84 bits per heavy atom. The van der Waals surface area contributed by atoms with Crippen LogP contribution in [-0.4, -0.2) is 21.4 Å². The first-order valence-corrected chi connectivity index (χ1v) is 7.29. The van der Waals surface area contributed by atoms with Gasteiger partial charge < -0.3 is 11.1 Å². The summed E-state index contributed by atoms with van der Waals surface area (Å²) in [6, 6.07) is 1.96. The molecule has 2 aromatic rings. The zero-order valence-electron chi connectivity index (χ0n) is 10.8. The van der Waals surface area contributed by atoms with Crippen LogP contribution in [0.2, 0.25) is 0 Å². The number of nitrogens with two attached hydrogens (primary N) is 1. The van der Waals surface area contributed by atoms with Crippen molar-refractivity contribution in [1.29, 1.82) is 0 Å². The standard InChI is InChI=1S/C13H16N4OS/c1-8-15-9-4-7-19-10(9)11(16-8)17-13(12(14)18)5-2-3-6-13/h4,7H,2-3,5-6H2,1H3,(H2,14,18)(H,15,16,17). The van der Waals surface area contributed by atoms with Gasteiger partial charge in [0.1, 0.15) is 17.2 Å². The van der Waals surface area contributed by atoms with Crippen molar-refractivity contribution in [2.75, 3.05) is 5.32 Å². The number of aromatic nitrogens is 2. The third kappa shape index (κ3) is 2.06. The summed E-state index contributed by atoms with van der Waals surface area (Å²) in [5, 5.41) is 5.29. The molecule has 0 radical (unpaired) electrons. The average molecular weight is 276 g/mol. The molecule has 0 aromatic carbocycles. The van der Waals surface area contributed by atoms with E-state index in [-0.39, 0.29) is 5.91 Å². The van der Waals surface area contributed by atoms with E-state index in [1.807, 2.05) is 18.4 Å². The molecule has 0 unspecified atom stereocenters. The van der Waals surface area contributed by atoms with Gasteiger partial charge in [0.25, 0.3) is 0 Å². The molecule has 1 fully saturated rings. The molecule has 100 valence electrons. The second-order valence-electron chi connectivity index (χ2n) is 5.03. The Bertz CT molecular complexity index is 631. The monoisotopic (exact) mass is 276 g/mol. The summed E-state index contributed by atoms with van der Waals surface area (Å²) in [5.41, 5.74) is 5.87. The summed E-state index contributed by atoms with van der Waals surface area (Å²) in [6.07, 6.45) is 3.59. The van der Waals surface area contributed by atoms with Crippen molar-refractivity contribution in [1.82, 2.24) is 9.97 Å². The molecule has 3 rings (SSSR count). The van der Waals surface area contributed by atoms with Crippen molar-refractivity contribution in [3.8, 4) is 0 Å². The van der Waals surface area contributed by atoms with Crippen LogP contribution in [0.25, 0.3) is 10.2 Å². The van der Waals surface area contributed by atoms with E-state index in [9.17, 15) is 4.79 Å². The number of fused-ring (bicyclic) bond motifs is 1. The van der Waals surface area contributed by atoms with Crippen molar-refractivity contribution in [3.05, 3.63) is 17.3 Å². The van der Waals surface area contributed by atoms with Crippen molar-refractivity contribution in [2.24, 2.45) is 5.73 Å².